The summed E-state index contributed by atoms with van der Waals surface area (Å²) in [6.07, 6.45) is -4.40. The molecule has 1 aliphatic rings. The van der Waals surface area contributed by atoms with Gasteiger partial charge in [0, 0.05) is 19.2 Å². The van der Waals surface area contributed by atoms with Gasteiger partial charge in [0.1, 0.15) is 6.04 Å². The summed E-state index contributed by atoms with van der Waals surface area (Å²) in [6, 6.07) is 10.6. The molecule has 0 fully saturated rings. The molecule has 1 N–H and O–H groups in total. The molecule has 3 rings (SSSR count). The van der Waals surface area contributed by atoms with E-state index in [2.05, 4.69) is 5.32 Å². The molecule has 1 aliphatic heterocycles. The van der Waals surface area contributed by atoms with Gasteiger partial charge in [0.2, 0.25) is 5.91 Å². The van der Waals surface area contributed by atoms with Gasteiger partial charge in [-0.25, -0.2) is 0 Å². The van der Waals surface area contributed by atoms with Gasteiger partial charge >= 0.3 is 6.18 Å². The molecule has 0 aromatic heterocycles. The zero-order valence-corrected chi connectivity index (χ0v) is 13.3. The number of carbonyl (C=O) groups excluding carboxylic acids is 2. The Bertz CT molecular complexity index is 833. The maximum Gasteiger partial charge on any atom is 0.417 e. The van der Waals surface area contributed by atoms with Crippen LogP contribution in [0.3, 0.4) is 0 Å². The van der Waals surface area contributed by atoms with Gasteiger partial charge in [0.25, 0.3) is 5.91 Å². The van der Waals surface area contributed by atoms with Crippen molar-refractivity contribution in [3.8, 4) is 0 Å². The molecular weight excluding hydrogens is 333 g/mol. The molecule has 0 aliphatic carbocycles. The van der Waals surface area contributed by atoms with E-state index in [9.17, 15) is 22.8 Å². The third kappa shape index (κ3) is 2.97. The average molecular weight is 348 g/mol. The molecule has 130 valence electrons. The Hall–Kier alpha value is -2.83. The second-order valence-electron chi connectivity index (χ2n) is 5.68. The minimum absolute atomic E-state index is 0.260. The molecule has 1 atom stereocenters. The van der Waals surface area contributed by atoms with Crippen molar-refractivity contribution in [2.75, 3.05) is 11.9 Å². The van der Waals surface area contributed by atoms with Crippen molar-refractivity contribution in [2.45, 2.75) is 18.6 Å². The van der Waals surface area contributed by atoms with Crippen LogP contribution in [0, 0.1) is 0 Å². The molecule has 0 radical (unpaired) electrons. The highest BCUT2D eigenvalue weighted by atomic mass is 19.4. The fraction of sp³-hybridized carbons (Fsp3) is 0.222. The smallest absolute Gasteiger partial charge is 0.357 e. The number of carbonyl (C=O) groups is 2. The summed E-state index contributed by atoms with van der Waals surface area (Å²) in [5.74, 6) is -1.26. The topological polar surface area (TPSA) is 49.4 Å². The van der Waals surface area contributed by atoms with Crippen LogP contribution >= 0.6 is 0 Å². The molecule has 4 nitrogen and oxygen atoms in total. The number of likely N-dealkylation sites (N-methyl/N-ethyl adjacent to an activating group) is 1. The first-order valence-electron chi connectivity index (χ1n) is 7.64. The zero-order valence-electron chi connectivity index (χ0n) is 13.3. The quantitative estimate of drug-likeness (QED) is 0.907. The summed E-state index contributed by atoms with van der Waals surface area (Å²) >= 11 is 0. The van der Waals surface area contributed by atoms with Gasteiger partial charge in [-0.2, -0.15) is 13.2 Å². The number of alkyl halides is 3. The Labute approximate surface area is 142 Å². The molecule has 25 heavy (non-hydrogen) atoms. The second-order valence-corrected chi connectivity index (χ2v) is 5.68. The largest absolute Gasteiger partial charge is 0.417 e. The summed E-state index contributed by atoms with van der Waals surface area (Å²) in [4.78, 5) is 26.3. The van der Waals surface area contributed by atoms with Crippen LogP contribution in [0.4, 0.5) is 18.9 Å². The Morgan fingerprint density at radius 1 is 1.08 bits per heavy atom. The van der Waals surface area contributed by atoms with E-state index in [1.807, 2.05) is 0 Å². The van der Waals surface area contributed by atoms with Crippen molar-refractivity contribution in [1.29, 1.82) is 0 Å². The van der Waals surface area contributed by atoms with Crippen LogP contribution in [0.2, 0.25) is 0 Å². The summed E-state index contributed by atoms with van der Waals surface area (Å²) in [5.41, 5.74) is -0.285. The highest BCUT2D eigenvalue weighted by molar-refractivity contribution is 6.12. The lowest BCUT2D eigenvalue weighted by Crippen LogP contribution is -2.47. The normalized spacial score (nSPS) is 16.5. The molecule has 0 bridgehead atoms. The third-order valence-electron chi connectivity index (χ3n) is 4.21. The molecule has 2 amide bonds. The van der Waals surface area contributed by atoms with E-state index in [-0.39, 0.29) is 6.42 Å². The standard InChI is InChI=1S/C18H15F3N2O2/c1-22-16(24)15-10-11-6-2-5-9-14(11)23(15)17(25)12-7-3-4-8-13(12)18(19,20)21/h2-9,15H,10H2,1H3,(H,22,24). The minimum Gasteiger partial charge on any atom is -0.357 e. The number of nitrogens with one attached hydrogen (secondary N) is 1. The average Bonchev–Trinajstić information content (AvgIpc) is 2.99. The lowest BCUT2D eigenvalue weighted by molar-refractivity contribution is -0.137. The molecule has 0 spiro atoms. The van der Waals surface area contributed by atoms with Crippen LogP contribution in [-0.2, 0) is 17.4 Å². The number of benzene rings is 2. The van der Waals surface area contributed by atoms with Gasteiger partial charge in [-0.15, -0.1) is 0 Å². The van der Waals surface area contributed by atoms with Crippen LogP contribution in [0.1, 0.15) is 21.5 Å². The summed E-state index contributed by atoms with van der Waals surface area (Å²) in [6.45, 7) is 0. The maximum atomic E-state index is 13.3. The van der Waals surface area contributed by atoms with E-state index in [0.717, 1.165) is 22.6 Å². The van der Waals surface area contributed by atoms with E-state index in [4.69, 9.17) is 0 Å². The number of rotatable bonds is 2. The molecule has 1 heterocycles. The van der Waals surface area contributed by atoms with Crippen molar-refractivity contribution in [3.05, 3.63) is 65.2 Å². The van der Waals surface area contributed by atoms with E-state index in [0.29, 0.717) is 5.69 Å². The lowest BCUT2D eigenvalue weighted by atomic mass is 10.0. The van der Waals surface area contributed by atoms with Gasteiger partial charge in [-0.3, -0.25) is 14.5 Å². The fourth-order valence-corrected chi connectivity index (χ4v) is 3.06. The van der Waals surface area contributed by atoms with Crippen LogP contribution in [-0.4, -0.2) is 24.9 Å². The first kappa shape index (κ1) is 17.0. The van der Waals surface area contributed by atoms with E-state index in [1.54, 1.807) is 24.3 Å². The molecular formula is C18H15F3N2O2. The minimum atomic E-state index is -4.66. The predicted octanol–water partition coefficient (Wildman–Crippen LogP) is 3.02. The monoisotopic (exact) mass is 348 g/mol. The number of anilines is 1. The summed E-state index contributed by atoms with van der Waals surface area (Å²) < 4.78 is 39.8. The van der Waals surface area contributed by atoms with Crippen LogP contribution in [0.5, 0.6) is 0 Å². The number of hydrogen-bond acceptors (Lipinski definition) is 2. The SMILES string of the molecule is CNC(=O)C1Cc2ccccc2N1C(=O)c1ccccc1C(F)(F)F. The van der Waals surface area contributed by atoms with Gasteiger partial charge in [-0.1, -0.05) is 30.3 Å². The van der Waals surface area contributed by atoms with Gasteiger partial charge in [-0.05, 0) is 23.8 Å². The summed E-state index contributed by atoms with van der Waals surface area (Å²) in [5, 5.41) is 2.47. The third-order valence-corrected chi connectivity index (χ3v) is 4.21. The first-order valence-corrected chi connectivity index (χ1v) is 7.64. The molecule has 7 heteroatoms. The van der Waals surface area contributed by atoms with E-state index < -0.39 is 35.2 Å². The Kier molecular flexibility index (Phi) is 4.24. The Morgan fingerprint density at radius 2 is 1.72 bits per heavy atom. The maximum absolute atomic E-state index is 13.3. The number of para-hydroxylation sites is 1. The van der Waals surface area contributed by atoms with Crippen molar-refractivity contribution >= 4 is 17.5 Å². The number of halogens is 3. The van der Waals surface area contributed by atoms with Crippen molar-refractivity contribution in [3.63, 3.8) is 0 Å². The van der Waals surface area contributed by atoms with Crippen molar-refractivity contribution < 1.29 is 22.8 Å². The Morgan fingerprint density at radius 3 is 2.40 bits per heavy atom. The van der Waals surface area contributed by atoms with E-state index in [1.165, 1.54) is 19.2 Å². The predicted molar refractivity (Wildman–Crippen MR) is 86.3 cm³/mol. The summed E-state index contributed by atoms with van der Waals surface area (Å²) in [7, 11) is 1.43. The van der Waals surface area contributed by atoms with Crippen LogP contribution < -0.4 is 10.2 Å². The lowest BCUT2D eigenvalue weighted by Gasteiger charge is -2.25. The first-order chi connectivity index (χ1) is 11.8. The zero-order chi connectivity index (χ0) is 18.2. The van der Waals surface area contributed by atoms with Crippen molar-refractivity contribution in [2.24, 2.45) is 0 Å². The Balaban J connectivity index is 2.10. The van der Waals surface area contributed by atoms with Gasteiger partial charge < -0.3 is 5.32 Å². The van der Waals surface area contributed by atoms with Crippen molar-refractivity contribution in [1.82, 2.24) is 5.32 Å². The number of fused-ring (bicyclic) bond motifs is 1. The molecule has 1 unspecified atom stereocenters. The number of nitrogens with zero attached hydrogens (tertiary/aromatic N) is 1. The molecule has 0 saturated carbocycles. The molecule has 0 saturated heterocycles. The molecule has 2 aromatic rings. The van der Waals surface area contributed by atoms with Gasteiger partial charge in [0.05, 0.1) is 11.1 Å². The fourth-order valence-electron chi connectivity index (χ4n) is 3.06. The van der Waals surface area contributed by atoms with Gasteiger partial charge in [0.15, 0.2) is 0 Å². The number of amides is 2. The van der Waals surface area contributed by atoms with Crippen LogP contribution in [0.25, 0.3) is 0 Å². The van der Waals surface area contributed by atoms with E-state index >= 15 is 0 Å². The second kappa shape index (κ2) is 6.23. The highest BCUT2D eigenvalue weighted by Crippen LogP contribution is 2.37. The molecule has 2 aromatic carbocycles. The highest BCUT2D eigenvalue weighted by Gasteiger charge is 2.41. The number of hydrogen-bond donors (Lipinski definition) is 1. The van der Waals surface area contributed by atoms with Crippen LogP contribution in [0.15, 0.2) is 48.5 Å².